The highest BCUT2D eigenvalue weighted by Gasteiger charge is 2.34. The number of aromatic nitrogens is 6. The monoisotopic (exact) mass is 604 g/mol. The molecule has 5 rings (SSSR count). The molecule has 0 bridgehead atoms. The fourth-order valence-corrected chi connectivity index (χ4v) is 4.82. The van der Waals surface area contributed by atoms with Gasteiger partial charge in [0, 0.05) is 55.6 Å². The average molecular weight is 604 g/mol. The van der Waals surface area contributed by atoms with Crippen LogP contribution in [0.1, 0.15) is 0 Å². The predicted molar refractivity (Wildman–Crippen MR) is 133 cm³/mol. The van der Waals surface area contributed by atoms with Gasteiger partial charge in [0.05, 0.1) is 18.8 Å². The highest BCUT2D eigenvalue weighted by molar-refractivity contribution is 14.1. The molecule has 3 aromatic heterocycles. The van der Waals surface area contributed by atoms with Gasteiger partial charge in [-0.25, -0.2) is 24.9 Å². The van der Waals surface area contributed by atoms with Gasteiger partial charge in [0.2, 0.25) is 11.9 Å². The molecule has 0 aliphatic carbocycles. The molecule has 0 spiro atoms. The van der Waals surface area contributed by atoms with Gasteiger partial charge in [0.1, 0.15) is 6.54 Å². The van der Waals surface area contributed by atoms with Crippen LogP contribution in [0.25, 0.3) is 22.6 Å². The van der Waals surface area contributed by atoms with E-state index in [4.69, 9.17) is 20.4 Å². The lowest BCUT2D eigenvalue weighted by atomic mass is 10.2. The van der Waals surface area contributed by atoms with Crippen molar-refractivity contribution >= 4 is 51.5 Å². The number of imidazole rings is 1. The summed E-state index contributed by atoms with van der Waals surface area (Å²) in [5, 5.41) is 3.39. The van der Waals surface area contributed by atoms with Crippen molar-refractivity contribution in [1.29, 1.82) is 0 Å². The van der Waals surface area contributed by atoms with Crippen LogP contribution in [-0.4, -0.2) is 92.1 Å². The Morgan fingerprint density at radius 2 is 1.83 bits per heavy atom. The summed E-state index contributed by atoms with van der Waals surface area (Å²) in [6.45, 7) is 2.56. The van der Waals surface area contributed by atoms with Gasteiger partial charge in [-0.05, 0) is 0 Å². The minimum absolute atomic E-state index is 0.0798. The van der Waals surface area contributed by atoms with E-state index in [0.717, 1.165) is 8.99 Å². The maximum atomic E-state index is 13.8. The van der Waals surface area contributed by atoms with Gasteiger partial charge < -0.3 is 25.6 Å². The SMILES string of the molecule is Nc1ncc(-c2nc(N3CCOCC3)c3nc(N4CCN[C@H](CI)C4)n(CC(F)(F)F)c3n2)cn1. The lowest BCUT2D eigenvalue weighted by Gasteiger charge is -2.33. The molecule has 2 aliphatic rings. The smallest absolute Gasteiger partial charge is 0.378 e. The Labute approximate surface area is 212 Å². The molecule has 188 valence electrons. The molecule has 3 aromatic rings. The molecule has 35 heavy (non-hydrogen) atoms. The third-order valence-electron chi connectivity index (χ3n) is 5.86. The fraction of sp³-hybridized carbons (Fsp3) is 0.550. The number of nitrogens with one attached hydrogen (secondary N) is 1. The molecule has 5 heterocycles. The summed E-state index contributed by atoms with van der Waals surface area (Å²) in [6.07, 6.45) is -1.55. The zero-order valence-electron chi connectivity index (χ0n) is 18.7. The third kappa shape index (κ3) is 5.20. The minimum Gasteiger partial charge on any atom is -0.378 e. The second-order valence-corrected chi connectivity index (χ2v) is 9.22. The number of rotatable bonds is 5. The molecule has 1 atom stereocenters. The van der Waals surface area contributed by atoms with E-state index in [-0.39, 0.29) is 29.4 Å². The summed E-state index contributed by atoms with van der Waals surface area (Å²) < 4.78 is 48.8. The van der Waals surface area contributed by atoms with Crippen LogP contribution in [0.3, 0.4) is 0 Å². The van der Waals surface area contributed by atoms with Gasteiger partial charge in [0.15, 0.2) is 22.8 Å². The number of nitrogens with two attached hydrogens (primary N) is 1. The van der Waals surface area contributed by atoms with Crippen molar-refractivity contribution < 1.29 is 17.9 Å². The standard InChI is InChI=1S/C20H24F3IN10O/c21-20(22,23)11-34-17-14(29-19(34)33-2-1-26-13(7-24)10-33)16(32-3-5-35-6-4-32)30-15(31-17)12-8-27-18(25)28-9-12/h8-9,13,26H,1-7,10-11H2,(H2,25,27,28)/t13-/m1/s1. The van der Waals surface area contributed by atoms with Crippen LogP contribution in [0.15, 0.2) is 12.4 Å². The molecule has 15 heteroatoms. The molecule has 0 aromatic carbocycles. The molecule has 0 radical (unpaired) electrons. The lowest BCUT2D eigenvalue weighted by Crippen LogP contribution is -2.52. The van der Waals surface area contributed by atoms with Crippen molar-refractivity contribution in [3.8, 4) is 11.4 Å². The van der Waals surface area contributed by atoms with Gasteiger partial charge in [-0.15, -0.1) is 0 Å². The Bertz CT molecular complexity index is 1180. The summed E-state index contributed by atoms with van der Waals surface area (Å²) in [6, 6.07) is 0.149. The summed E-state index contributed by atoms with van der Waals surface area (Å²) in [4.78, 5) is 25.8. The predicted octanol–water partition coefficient (Wildman–Crippen LogP) is 1.48. The van der Waals surface area contributed by atoms with E-state index in [1.807, 2.05) is 9.80 Å². The number of morpholine rings is 1. The zero-order chi connectivity index (χ0) is 24.6. The number of fused-ring (bicyclic) bond motifs is 1. The quantitative estimate of drug-likeness (QED) is 0.327. The summed E-state index contributed by atoms with van der Waals surface area (Å²) in [7, 11) is 0. The van der Waals surface area contributed by atoms with Crippen LogP contribution in [0, 0.1) is 0 Å². The summed E-state index contributed by atoms with van der Waals surface area (Å²) >= 11 is 2.27. The minimum atomic E-state index is -4.46. The molecule has 11 nitrogen and oxygen atoms in total. The van der Waals surface area contributed by atoms with Crippen LogP contribution in [0.4, 0.5) is 30.9 Å². The van der Waals surface area contributed by atoms with Crippen molar-refractivity contribution in [3.05, 3.63) is 12.4 Å². The Morgan fingerprint density at radius 3 is 2.51 bits per heavy atom. The Balaban J connectivity index is 1.71. The topological polar surface area (TPSA) is 123 Å². The lowest BCUT2D eigenvalue weighted by molar-refractivity contribution is -0.139. The number of halogens is 4. The number of anilines is 3. The largest absolute Gasteiger partial charge is 0.406 e. The number of nitrogens with zero attached hydrogens (tertiary/aromatic N) is 8. The first-order valence-electron chi connectivity index (χ1n) is 11.1. The van der Waals surface area contributed by atoms with Crippen LogP contribution in [0.2, 0.25) is 0 Å². The fourth-order valence-electron chi connectivity index (χ4n) is 4.23. The van der Waals surface area contributed by atoms with E-state index in [2.05, 4.69) is 42.9 Å². The van der Waals surface area contributed by atoms with Crippen LogP contribution >= 0.6 is 22.6 Å². The molecule has 0 amide bonds. The van der Waals surface area contributed by atoms with Crippen LogP contribution in [0.5, 0.6) is 0 Å². The number of nitrogen functional groups attached to an aromatic ring is 1. The first-order valence-corrected chi connectivity index (χ1v) is 12.6. The molecule has 2 aliphatic heterocycles. The normalized spacial score (nSPS) is 19.5. The van der Waals surface area contributed by atoms with Crippen LogP contribution in [-0.2, 0) is 11.3 Å². The number of ether oxygens (including phenoxy) is 1. The second kappa shape index (κ2) is 9.85. The second-order valence-electron chi connectivity index (χ2n) is 8.34. The van der Waals surface area contributed by atoms with E-state index in [0.29, 0.717) is 62.8 Å². The summed E-state index contributed by atoms with van der Waals surface area (Å²) in [5.74, 6) is 0.992. The number of alkyl halides is 4. The van der Waals surface area contributed by atoms with Crippen molar-refractivity contribution in [2.75, 3.05) is 65.9 Å². The number of piperazine rings is 1. The van der Waals surface area contributed by atoms with Crippen LogP contribution < -0.4 is 20.9 Å². The Morgan fingerprint density at radius 1 is 1.09 bits per heavy atom. The third-order valence-corrected chi connectivity index (χ3v) is 6.92. The first-order chi connectivity index (χ1) is 16.8. The highest BCUT2D eigenvalue weighted by Crippen LogP contribution is 2.33. The van der Waals surface area contributed by atoms with Gasteiger partial charge in [-0.3, -0.25) is 4.57 Å². The number of hydrogen-bond acceptors (Lipinski definition) is 10. The van der Waals surface area contributed by atoms with Crippen molar-refractivity contribution in [1.82, 2.24) is 34.8 Å². The number of hydrogen-bond donors (Lipinski definition) is 2. The van der Waals surface area contributed by atoms with Gasteiger partial charge in [-0.2, -0.15) is 13.2 Å². The maximum absolute atomic E-state index is 13.8. The molecule has 2 fully saturated rings. The van der Waals surface area contributed by atoms with Gasteiger partial charge in [-0.1, -0.05) is 22.6 Å². The maximum Gasteiger partial charge on any atom is 0.406 e. The average Bonchev–Trinajstić information content (AvgIpc) is 3.21. The van der Waals surface area contributed by atoms with E-state index in [9.17, 15) is 13.2 Å². The highest BCUT2D eigenvalue weighted by atomic mass is 127. The van der Waals surface area contributed by atoms with E-state index >= 15 is 0 Å². The summed E-state index contributed by atoms with van der Waals surface area (Å²) in [5.41, 5.74) is 6.50. The first kappa shape index (κ1) is 24.2. The molecular formula is C20H24F3IN10O. The Hall–Kier alpha value is -2.53. The van der Waals surface area contributed by atoms with Crippen molar-refractivity contribution in [2.45, 2.75) is 18.8 Å². The molecular weight excluding hydrogens is 580 g/mol. The van der Waals surface area contributed by atoms with E-state index < -0.39 is 12.7 Å². The van der Waals surface area contributed by atoms with E-state index in [1.54, 1.807) is 0 Å². The van der Waals surface area contributed by atoms with Gasteiger partial charge in [0.25, 0.3) is 0 Å². The van der Waals surface area contributed by atoms with Crippen molar-refractivity contribution in [3.63, 3.8) is 0 Å². The van der Waals surface area contributed by atoms with E-state index in [1.165, 1.54) is 12.4 Å². The molecule has 3 N–H and O–H groups in total. The molecule has 0 unspecified atom stereocenters. The van der Waals surface area contributed by atoms with Crippen molar-refractivity contribution in [2.24, 2.45) is 0 Å². The molecule has 0 saturated carbocycles. The Kier molecular flexibility index (Phi) is 6.80. The van der Waals surface area contributed by atoms with Gasteiger partial charge >= 0.3 is 6.18 Å². The zero-order valence-corrected chi connectivity index (χ0v) is 20.8. The molecule has 2 saturated heterocycles.